The van der Waals surface area contributed by atoms with E-state index in [0.29, 0.717) is 6.42 Å². The molecule has 0 amide bonds. The van der Waals surface area contributed by atoms with E-state index in [2.05, 4.69) is 0 Å². The van der Waals surface area contributed by atoms with Gasteiger partial charge >= 0.3 is 0 Å². The molecule has 10 heavy (non-hydrogen) atoms. The zero-order valence-electron chi connectivity index (χ0n) is 5.40. The number of rotatable bonds is 4. The molecule has 0 heterocycles. The molecule has 1 unspecified atom stereocenters. The van der Waals surface area contributed by atoms with Gasteiger partial charge in [-0.3, -0.25) is 4.55 Å². The van der Waals surface area contributed by atoms with Crippen LogP contribution in [-0.4, -0.2) is 22.9 Å². The van der Waals surface area contributed by atoms with Crippen LogP contribution >= 0.6 is 0 Å². The molecule has 0 fully saturated rings. The lowest BCUT2D eigenvalue weighted by Gasteiger charge is -1.98. The van der Waals surface area contributed by atoms with Crippen molar-refractivity contribution < 1.29 is 17.2 Å². The summed E-state index contributed by atoms with van der Waals surface area (Å²) in [6, 6.07) is 0. The Morgan fingerprint density at radius 1 is 1.60 bits per heavy atom. The van der Waals surface area contributed by atoms with Crippen molar-refractivity contribution in [2.24, 2.45) is 0 Å². The molecule has 0 bridgehead atoms. The van der Waals surface area contributed by atoms with E-state index in [-0.39, 0.29) is 5.75 Å². The molecular formula is C3H9NO4S2. The van der Waals surface area contributed by atoms with Gasteiger partial charge in [-0.25, -0.2) is 12.6 Å². The van der Waals surface area contributed by atoms with Gasteiger partial charge in [0.25, 0.3) is 0 Å². The first-order chi connectivity index (χ1) is 4.48. The van der Waals surface area contributed by atoms with Crippen molar-refractivity contribution in [1.82, 2.24) is 4.13 Å². The molecule has 0 radical (unpaired) electrons. The summed E-state index contributed by atoms with van der Waals surface area (Å²) in [5.74, 6) is -0.126. The van der Waals surface area contributed by atoms with Crippen molar-refractivity contribution in [3.8, 4) is 0 Å². The van der Waals surface area contributed by atoms with Gasteiger partial charge in [0.05, 0.1) is 5.75 Å². The normalized spacial score (nSPS) is 15.0. The summed E-state index contributed by atoms with van der Waals surface area (Å²) in [4.78, 5) is 0. The maximum Gasteiger partial charge on any atom is 0.245 e. The van der Waals surface area contributed by atoms with Crippen molar-refractivity contribution in [2.75, 3.05) is 5.75 Å². The molecule has 5 nitrogen and oxygen atoms in total. The Morgan fingerprint density at radius 2 is 2.10 bits per heavy atom. The topological polar surface area (TPSA) is 83.5 Å². The molecule has 0 aliphatic heterocycles. The van der Waals surface area contributed by atoms with Gasteiger partial charge in [-0.05, 0) is 6.42 Å². The summed E-state index contributed by atoms with van der Waals surface area (Å²) in [6.45, 7) is 1.67. The SMILES string of the molecule is CCCS(=O)(=O)NS(=O)O. The van der Waals surface area contributed by atoms with E-state index in [0.717, 1.165) is 0 Å². The fourth-order valence-electron chi connectivity index (χ4n) is 0.419. The van der Waals surface area contributed by atoms with Crippen LogP contribution in [0, 0.1) is 0 Å². The molecule has 0 aromatic carbocycles. The van der Waals surface area contributed by atoms with Crippen LogP contribution in [0.3, 0.4) is 0 Å². The predicted molar refractivity (Wildman–Crippen MR) is 38.0 cm³/mol. The van der Waals surface area contributed by atoms with Gasteiger partial charge < -0.3 is 0 Å². The molecule has 0 aromatic heterocycles. The first-order valence-electron chi connectivity index (χ1n) is 2.59. The lowest BCUT2D eigenvalue weighted by atomic mass is 10.6. The first kappa shape index (κ1) is 10.0. The molecule has 0 aromatic rings. The van der Waals surface area contributed by atoms with E-state index >= 15 is 0 Å². The summed E-state index contributed by atoms with van der Waals surface area (Å²) >= 11 is -2.47. The highest BCUT2D eigenvalue weighted by molar-refractivity contribution is 7.99. The molecule has 0 aliphatic rings. The Labute approximate surface area is 62.3 Å². The quantitative estimate of drug-likeness (QED) is 0.578. The number of sulfonamides is 1. The van der Waals surface area contributed by atoms with E-state index in [9.17, 15) is 12.6 Å². The lowest BCUT2D eigenvalue weighted by Crippen LogP contribution is -2.27. The summed E-state index contributed by atoms with van der Waals surface area (Å²) in [7, 11) is -3.53. The largest absolute Gasteiger partial charge is 0.293 e. The number of hydrogen-bond acceptors (Lipinski definition) is 3. The molecule has 62 valence electrons. The number of nitrogens with one attached hydrogen (secondary N) is 1. The van der Waals surface area contributed by atoms with Crippen molar-refractivity contribution in [1.29, 1.82) is 0 Å². The third-order valence-electron chi connectivity index (χ3n) is 0.671. The molecule has 0 saturated heterocycles. The molecular weight excluding hydrogens is 178 g/mol. The predicted octanol–water partition coefficient (Wildman–Crippen LogP) is -0.547. The van der Waals surface area contributed by atoms with Gasteiger partial charge in [-0.2, -0.15) is 0 Å². The Bertz CT molecular complexity index is 209. The van der Waals surface area contributed by atoms with Gasteiger partial charge in [0.15, 0.2) is 0 Å². The Hall–Kier alpha value is 0.0200. The lowest BCUT2D eigenvalue weighted by molar-refractivity contribution is 0.553. The maximum atomic E-state index is 10.6. The van der Waals surface area contributed by atoms with Crippen LogP contribution in [-0.2, 0) is 21.3 Å². The van der Waals surface area contributed by atoms with Gasteiger partial charge in [0, 0.05) is 0 Å². The second kappa shape index (κ2) is 4.02. The van der Waals surface area contributed by atoms with Crippen LogP contribution in [0.25, 0.3) is 0 Å². The van der Waals surface area contributed by atoms with E-state index in [1.807, 2.05) is 0 Å². The smallest absolute Gasteiger partial charge is 0.245 e. The average molecular weight is 187 g/mol. The molecule has 7 heteroatoms. The van der Waals surface area contributed by atoms with Gasteiger partial charge in [-0.1, -0.05) is 6.92 Å². The second-order valence-electron chi connectivity index (χ2n) is 1.65. The van der Waals surface area contributed by atoms with Crippen molar-refractivity contribution >= 4 is 21.3 Å². The molecule has 0 aliphatic carbocycles. The monoisotopic (exact) mass is 187 g/mol. The average Bonchev–Trinajstić information content (AvgIpc) is 1.59. The van der Waals surface area contributed by atoms with Crippen LogP contribution in [0.15, 0.2) is 0 Å². The minimum Gasteiger partial charge on any atom is -0.293 e. The summed E-state index contributed by atoms with van der Waals surface area (Å²) < 4.78 is 40.7. The Morgan fingerprint density at radius 3 is 2.40 bits per heavy atom. The zero-order chi connectivity index (χ0) is 8.20. The molecule has 0 rings (SSSR count). The zero-order valence-corrected chi connectivity index (χ0v) is 7.04. The minimum absolute atomic E-state index is 0.126. The van der Waals surface area contributed by atoms with Crippen molar-refractivity contribution in [2.45, 2.75) is 13.3 Å². The molecule has 2 N–H and O–H groups in total. The third kappa shape index (κ3) is 4.86. The summed E-state index contributed by atoms with van der Waals surface area (Å²) in [6.07, 6.45) is 0.423. The van der Waals surface area contributed by atoms with Crippen LogP contribution in [0.4, 0.5) is 0 Å². The molecule has 1 atom stereocenters. The van der Waals surface area contributed by atoms with Gasteiger partial charge in [0.1, 0.15) is 0 Å². The standard InChI is InChI=1S/C3H9NO4S2/c1-2-3-10(7,8)4-9(5)6/h4H,2-3H2,1H3,(H,5,6). The maximum absolute atomic E-state index is 10.6. The van der Waals surface area contributed by atoms with E-state index in [4.69, 9.17) is 4.55 Å². The second-order valence-corrected chi connectivity index (χ2v) is 4.45. The highest BCUT2D eigenvalue weighted by Gasteiger charge is 2.09. The van der Waals surface area contributed by atoms with Crippen LogP contribution < -0.4 is 4.13 Å². The van der Waals surface area contributed by atoms with E-state index in [1.165, 1.54) is 4.13 Å². The van der Waals surface area contributed by atoms with Gasteiger partial charge in [-0.15, -0.1) is 4.13 Å². The van der Waals surface area contributed by atoms with Gasteiger partial charge in [0.2, 0.25) is 21.3 Å². The van der Waals surface area contributed by atoms with E-state index < -0.39 is 21.3 Å². The first-order valence-corrected chi connectivity index (χ1v) is 5.35. The highest BCUT2D eigenvalue weighted by atomic mass is 32.3. The van der Waals surface area contributed by atoms with Crippen LogP contribution in [0.1, 0.15) is 13.3 Å². The van der Waals surface area contributed by atoms with Crippen LogP contribution in [0.2, 0.25) is 0 Å². The fourth-order valence-corrected chi connectivity index (χ4v) is 2.16. The fraction of sp³-hybridized carbons (Fsp3) is 1.00. The van der Waals surface area contributed by atoms with Crippen LogP contribution in [0.5, 0.6) is 0 Å². The Kier molecular flexibility index (Phi) is 4.02. The Balaban J connectivity index is 4.02. The molecule has 0 spiro atoms. The third-order valence-corrected chi connectivity index (χ3v) is 3.20. The summed E-state index contributed by atoms with van der Waals surface area (Å²) in [5.41, 5.74) is 0. The highest BCUT2D eigenvalue weighted by Crippen LogP contribution is 1.87. The summed E-state index contributed by atoms with van der Waals surface area (Å²) in [5, 5.41) is 0. The van der Waals surface area contributed by atoms with E-state index in [1.54, 1.807) is 6.92 Å². The molecule has 0 saturated carbocycles. The minimum atomic E-state index is -3.53. The number of hydrogen-bond donors (Lipinski definition) is 2. The van der Waals surface area contributed by atoms with Crippen molar-refractivity contribution in [3.63, 3.8) is 0 Å². The van der Waals surface area contributed by atoms with Crippen molar-refractivity contribution in [3.05, 3.63) is 0 Å².